The van der Waals surface area contributed by atoms with Crippen LogP contribution in [-0.4, -0.2) is 28.3 Å². The Kier molecular flexibility index (Phi) is 6.04. The molecule has 2 N–H and O–H groups in total. The third-order valence-corrected chi connectivity index (χ3v) is 5.33. The molecule has 0 unspecified atom stereocenters. The van der Waals surface area contributed by atoms with Gasteiger partial charge in [-0.1, -0.05) is 47.7 Å². The summed E-state index contributed by atoms with van der Waals surface area (Å²) in [7, 11) is 0. The number of nitrogens with zero attached hydrogens (tertiary/aromatic N) is 1. The van der Waals surface area contributed by atoms with Crippen molar-refractivity contribution < 1.29 is 9.53 Å². The fourth-order valence-corrected chi connectivity index (χ4v) is 3.81. The van der Waals surface area contributed by atoms with Gasteiger partial charge < -0.3 is 15.0 Å². The van der Waals surface area contributed by atoms with Crippen molar-refractivity contribution in [3.8, 4) is 0 Å². The molecule has 0 saturated carbocycles. The SMILES string of the molecule is C=CCSc1nc2c(c(=O)[nH]1)[C@H](c1ccc(C)cc1)C(C(=O)OCC)=C(C)N2. The highest BCUT2D eigenvalue weighted by molar-refractivity contribution is 7.99. The van der Waals surface area contributed by atoms with E-state index in [-0.39, 0.29) is 12.2 Å². The fraction of sp³-hybridized carbons (Fsp3) is 0.286. The molecule has 1 aromatic carbocycles. The van der Waals surface area contributed by atoms with Crippen LogP contribution in [0.15, 0.2) is 58.1 Å². The zero-order valence-electron chi connectivity index (χ0n) is 16.2. The second kappa shape index (κ2) is 8.48. The number of anilines is 1. The second-order valence-corrected chi connectivity index (χ2v) is 7.47. The maximum Gasteiger partial charge on any atom is 0.336 e. The summed E-state index contributed by atoms with van der Waals surface area (Å²) in [4.78, 5) is 33.1. The van der Waals surface area contributed by atoms with Gasteiger partial charge in [-0.3, -0.25) is 4.79 Å². The Morgan fingerprint density at radius 3 is 2.68 bits per heavy atom. The molecule has 0 radical (unpaired) electrons. The molecule has 6 nitrogen and oxygen atoms in total. The lowest BCUT2D eigenvalue weighted by molar-refractivity contribution is -0.138. The van der Waals surface area contributed by atoms with E-state index in [4.69, 9.17) is 4.74 Å². The number of aromatic amines is 1. The molecule has 0 bridgehead atoms. The van der Waals surface area contributed by atoms with Crippen LogP contribution in [0.5, 0.6) is 0 Å². The number of thioether (sulfide) groups is 1. The Hall–Kier alpha value is -2.80. The number of aryl methyl sites for hydroxylation is 1. The highest BCUT2D eigenvalue weighted by Gasteiger charge is 2.36. The number of benzene rings is 1. The van der Waals surface area contributed by atoms with E-state index in [9.17, 15) is 9.59 Å². The molecule has 0 amide bonds. The monoisotopic (exact) mass is 397 g/mol. The van der Waals surface area contributed by atoms with Crippen LogP contribution < -0.4 is 10.9 Å². The summed E-state index contributed by atoms with van der Waals surface area (Å²) in [5, 5.41) is 3.63. The van der Waals surface area contributed by atoms with Gasteiger partial charge in [0.2, 0.25) is 0 Å². The molecule has 146 valence electrons. The maximum atomic E-state index is 13.0. The topological polar surface area (TPSA) is 84.1 Å². The van der Waals surface area contributed by atoms with Crippen molar-refractivity contribution in [2.45, 2.75) is 31.8 Å². The van der Waals surface area contributed by atoms with Gasteiger partial charge in [0.15, 0.2) is 5.16 Å². The largest absolute Gasteiger partial charge is 0.463 e. The Bertz CT molecular complexity index is 993. The van der Waals surface area contributed by atoms with Crippen molar-refractivity contribution in [2.75, 3.05) is 17.7 Å². The molecule has 3 rings (SSSR count). The molecule has 2 heterocycles. The third-order valence-electron chi connectivity index (χ3n) is 4.46. The van der Waals surface area contributed by atoms with E-state index in [2.05, 4.69) is 21.9 Å². The number of aromatic nitrogens is 2. The molecule has 1 atom stereocenters. The van der Waals surface area contributed by atoms with Crippen molar-refractivity contribution in [3.63, 3.8) is 0 Å². The molecule has 2 aromatic rings. The van der Waals surface area contributed by atoms with Gasteiger partial charge >= 0.3 is 5.97 Å². The minimum absolute atomic E-state index is 0.259. The van der Waals surface area contributed by atoms with Gasteiger partial charge in [-0.15, -0.1) is 6.58 Å². The lowest BCUT2D eigenvalue weighted by atomic mass is 9.82. The Morgan fingerprint density at radius 2 is 2.04 bits per heavy atom. The van der Waals surface area contributed by atoms with Crippen LogP contribution in [0.25, 0.3) is 0 Å². The molecule has 28 heavy (non-hydrogen) atoms. The number of hydrogen-bond acceptors (Lipinski definition) is 6. The number of esters is 1. The first kappa shape index (κ1) is 19.9. The molecule has 7 heteroatoms. The van der Waals surface area contributed by atoms with Crippen molar-refractivity contribution in [2.24, 2.45) is 0 Å². The number of carbonyl (C=O) groups is 1. The zero-order chi connectivity index (χ0) is 20.3. The van der Waals surface area contributed by atoms with E-state index in [0.29, 0.717) is 33.6 Å². The highest BCUT2D eigenvalue weighted by atomic mass is 32.2. The molecular weight excluding hydrogens is 374 g/mol. The van der Waals surface area contributed by atoms with Crippen molar-refractivity contribution in [1.29, 1.82) is 0 Å². The number of hydrogen-bond donors (Lipinski definition) is 2. The number of ether oxygens (including phenoxy) is 1. The number of allylic oxidation sites excluding steroid dienone is 1. The summed E-state index contributed by atoms with van der Waals surface area (Å²) in [6.07, 6.45) is 1.75. The summed E-state index contributed by atoms with van der Waals surface area (Å²) in [6.45, 7) is 9.50. The van der Waals surface area contributed by atoms with Crippen LogP contribution in [0.2, 0.25) is 0 Å². The third kappa shape index (κ3) is 3.89. The van der Waals surface area contributed by atoms with Crippen LogP contribution in [0, 0.1) is 6.92 Å². The Morgan fingerprint density at radius 1 is 1.32 bits per heavy atom. The Balaban J connectivity index is 2.19. The minimum atomic E-state index is -0.550. The van der Waals surface area contributed by atoms with E-state index in [1.807, 2.05) is 31.2 Å². The van der Waals surface area contributed by atoms with Crippen molar-refractivity contribution in [3.05, 3.63) is 75.2 Å². The molecule has 1 aliphatic heterocycles. The van der Waals surface area contributed by atoms with Crippen LogP contribution >= 0.6 is 11.8 Å². The van der Waals surface area contributed by atoms with Crippen LogP contribution in [0.1, 0.15) is 36.5 Å². The molecule has 0 fully saturated rings. The molecule has 1 aromatic heterocycles. The van der Waals surface area contributed by atoms with E-state index in [1.165, 1.54) is 11.8 Å². The summed E-state index contributed by atoms with van der Waals surface area (Å²) in [6, 6.07) is 7.79. The first-order chi connectivity index (χ1) is 13.5. The van der Waals surface area contributed by atoms with Gasteiger partial charge in [-0.2, -0.15) is 0 Å². The predicted octanol–water partition coefficient (Wildman–Crippen LogP) is 3.75. The van der Waals surface area contributed by atoms with E-state index < -0.39 is 11.9 Å². The van der Waals surface area contributed by atoms with Gasteiger partial charge in [0.1, 0.15) is 5.82 Å². The molecule has 0 saturated heterocycles. The van der Waals surface area contributed by atoms with Gasteiger partial charge in [-0.25, -0.2) is 9.78 Å². The van der Waals surface area contributed by atoms with E-state index >= 15 is 0 Å². The van der Waals surface area contributed by atoms with Crippen LogP contribution in [0.4, 0.5) is 5.82 Å². The van der Waals surface area contributed by atoms with Gasteiger partial charge in [0.25, 0.3) is 5.56 Å². The number of fused-ring (bicyclic) bond motifs is 1. The van der Waals surface area contributed by atoms with E-state index in [1.54, 1.807) is 19.9 Å². The second-order valence-electron chi connectivity index (χ2n) is 6.46. The number of nitrogens with one attached hydrogen (secondary N) is 2. The van der Waals surface area contributed by atoms with Crippen molar-refractivity contribution in [1.82, 2.24) is 9.97 Å². The van der Waals surface area contributed by atoms with Crippen LogP contribution in [-0.2, 0) is 9.53 Å². The summed E-state index contributed by atoms with van der Waals surface area (Å²) >= 11 is 1.39. The first-order valence-electron chi connectivity index (χ1n) is 9.05. The normalized spacial score (nSPS) is 15.6. The lowest BCUT2D eigenvalue weighted by Gasteiger charge is -2.28. The highest BCUT2D eigenvalue weighted by Crippen LogP contribution is 2.40. The summed E-state index contributed by atoms with van der Waals surface area (Å²) < 4.78 is 5.27. The first-order valence-corrected chi connectivity index (χ1v) is 10.0. The van der Waals surface area contributed by atoms with Gasteiger partial charge in [0, 0.05) is 11.4 Å². The van der Waals surface area contributed by atoms with E-state index in [0.717, 1.165) is 11.1 Å². The molecular formula is C21H23N3O3S. The standard InChI is InChI=1S/C21H23N3O3S/c1-5-11-28-21-23-18-17(19(25)24-21)16(14-9-7-12(3)8-10-14)15(13(4)22-18)20(26)27-6-2/h5,7-10,16H,1,6,11H2,2-4H3,(H2,22,23,24,25)/t16-/m1/s1. The summed E-state index contributed by atoms with van der Waals surface area (Å²) in [5.74, 6) is 0.108. The average molecular weight is 398 g/mol. The number of rotatable bonds is 6. The van der Waals surface area contributed by atoms with Crippen LogP contribution in [0.3, 0.4) is 0 Å². The summed E-state index contributed by atoms with van der Waals surface area (Å²) in [5.41, 5.74) is 3.14. The molecule has 0 spiro atoms. The predicted molar refractivity (Wildman–Crippen MR) is 112 cm³/mol. The van der Waals surface area contributed by atoms with Crippen molar-refractivity contribution >= 4 is 23.5 Å². The Labute approximate surface area is 168 Å². The average Bonchev–Trinajstić information content (AvgIpc) is 2.66. The maximum absolute atomic E-state index is 13.0. The van der Waals surface area contributed by atoms with Gasteiger partial charge in [0.05, 0.1) is 23.7 Å². The lowest BCUT2D eigenvalue weighted by Crippen LogP contribution is -2.31. The molecule has 0 aliphatic carbocycles. The zero-order valence-corrected chi connectivity index (χ0v) is 17.0. The smallest absolute Gasteiger partial charge is 0.336 e. The molecule has 1 aliphatic rings. The van der Waals surface area contributed by atoms with Gasteiger partial charge in [-0.05, 0) is 26.3 Å². The minimum Gasteiger partial charge on any atom is -0.463 e. The fourth-order valence-electron chi connectivity index (χ4n) is 3.21. The number of H-pyrrole nitrogens is 1. The quantitative estimate of drug-likeness (QED) is 0.334. The number of carbonyl (C=O) groups excluding carboxylic acids is 1.